The maximum Gasteiger partial charge on any atom is 0.257 e. The molecule has 1 aromatic heterocycles. The van der Waals surface area contributed by atoms with E-state index in [9.17, 15) is 18.0 Å². The first-order valence-electron chi connectivity index (χ1n) is 9.72. The van der Waals surface area contributed by atoms with Crippen LogP contribution in [-0.2, 0) is 14.8 Å². The van der Waals surface area contributed by atoms with Gasteiger partial charge in [-0.25, -0.2) is 13.1 Å². The fourth-order valence-electron chi connectivity index (χ4n) is 3.56. The molecule has 1 aliphatic heterocycles. The van der Waals surface area contributed by atoms with E-state index in [0.717, 1.165) is 12.8 Å². The molecule has 2 amide bonds. The van der Waals surface area contributed by atoms with E-state index in [1.165, 1.54) is 0 Å². The van der Waals surface area contributed by atoms with Gasteiger partial charge in [-0.1, -0.05) is 11.6 Å². The van der Waals surface area contributed by atoms with Crippen LogP contribution in [0.5, 0.6) is 0 Å². The Morgan fingerprint density at radius 2 is 1.73 bits per heavy atom. The molecule has 0 bridgehead atoms. The van der Waals surface area contributed by atoms with Crippen LogP contribution in [0.15, 0.2) is 29.2 Å². The van der Waals surface area contributed by atoms with Gasteiger partial charge < -0.3 is 15.2 Å². The number of benzene rings is 1. The molecular formula is C20H25ClN4O4S. The number of aromatic nitrogens is 1. The number of aromatic amines is 1. The van der Waals surface area contributed by atoms with Crippen molar-refractivity contribution < 1.29 is 18.0 Å². The molecule has 162 valence electrons. The number of rotatable bonds is 7. The number of carbonyl (C=O) groups excluding carboxylic acids is 2. The summed E-state index contributed by atoms with van der Waals surface area (Å²) in [5.74, 6) is -0.620. The maximum atomic E-state index is 12.9. The number of hydrogen-bond acceptors (Lipinski definition) is 4. The first kappa shape index (κ1) is 22.3. The molecule has 30 heavy (non-hydrogen) atoms. The van der Waals surface area contributed by atoms with Crippen molar-refractivity contribution in [1.29, 1.82) is 0 Å². The highest BCUT2D eigenvalue weighted by atomic mass is 35.5. The Labute approximate surface area is 181 Å². The number of likely N-dealkylation sites (tertiary alicyclic amines) is 1. The predicted octanol–water partition coefficient (Wildman–Crippen LogP) is 2.83. The standard InChI is InChI=1S/C20H25ClN4O4S/c1-13-18(20(27)25-11-3-4-12-25)19(14(2)23-13)30(28,29)22-10-9-17(26)24-16-7-5-15(21)6-8-16/h5-8,22-23H,3-4,9-12H2,1-2H3,(H,24,26). The van der Waals surface area contributed by atoms with E-state index in [2.05, 4.69) is 15.0 Å². The molecule has 2 aromatic rings. The third-order valence-electron chi connectivity index (χ3n) is 4.97. The molecule has 2 heterocycles. The summed E-state index contributed by atoms with van der Waals surface area (Å²) >= 11 is 5.81. The van der Waals surface area contributed by atoms with Crippen molar-refractivity contribution in [2.45, 2.75) is 38.0 Å². The summed E-state index contributed by atoms with van der Waals surface area (Å²) in [4.78, 5) is 29.6. The second-order valence-electron chi connectivity index (χ2n) is 7.28. The number of carbonyl (C=O) groups is 2. The van der Waals surface area contributed by atoms with Gasteiger partial charge in [-0.3, -0.25) is 9.59 Å². The highest BCUT2D eigenvalue weighted by Crippen LogP contribution is 2.26. The minimum atomic E-state index is -3.98. The zero-order chi connectivity index (χ0) is 21.9. The van der Waals surface area contributed by atoms with Crippen molar-refractivity contribution in [1.82, 2.24) is 14.6 Å². The number of nitrogens with one attached hydrogen (secondary N) is 3. The van der Waals surface area contributed by atoms with E-state index in [1.807, 2.05) is 0 Å². The molecule has 0 aliphatic carbocycles. The van der Waals surface area contributed by atoms with Crippen molar-refractivity contribution in [2.75, 3.05) is 25.0 Å². The lowest BCUT2D eigenvalue weighted by Gasteiger charge is -2.17. The fourth-order valence-corrected chi connectivity index (χ4v) is 5.16. The average Bonchev–Trinajstić information content (AvgIpc) is 3.31. The Hall–Kier alpha value is -2.36. The highest BCUT2D eigenvalue weighted by molar-refractivity contribution is 7.89. The van der Waals surface area contributed by atoms with Gasteiger partial charge in [0, 0.05) is 48.2 Å². The van der Waals surface area contributed by atoms with Gasteiger partial charge in [-0.2, -0.15) is 0 Å². The Kier molecular flexibility index (Phi) is 6.84. The normalized spacial score (nSPS) is 14.2. The van der Waals surface area contributed by atoms with Crippen molar-refractivity contribution in [3.8, 4) is 0 Å². The Balaban J connectivity index is 1.67. The van der Waals surface area contributed by atoms with Crippen LogP contribution in [0.1, 0.15) is 41.0 Å². The van der Waals surface area contributed by atoms with Crippen LogP contribution in [0, 0.1) is 13.8 Å². The Morgan fingerprint density at radius 3 is 2.37 bits per heavy atom. The van der Waals surface area contributed by atoms with Crippen LogP contribution < -0.4 is 10.0 Å². The summed E-state index contributed by atoms with van der Waals surface area (Å²) < 4.78 is 28.3. The van der Waals surface area contributed by atoms with E-state index in [1.54, 1.807) is 43.0 Å². The number of halogens is 1. The van der Waals surface area contributed by atoms with Crippen LogP contribution in [0.3, 0.4) is 0 Å². The van der Waals surface area contributed by atoms with Crippen LogP contribution in [0.25, 0.3) is 0 Å². The van der Waals surface area contributed by atoms with E-state index < -0.39 is 10.0 Å². The third-order valence-corrected chi connectivity index (χ3v) is 6.85. The number of aryl methyl sites for hydroxylation is 2. The minimum absolute atomic E-state index is 0.0463. The van der Waals surface area contributed by atoms with Gasteiger partial charge in [0.05, 0.1) is 5.56 Å². The van der Waals surface area contributed by atoms with Gasteiger partial charge in [0.2, 0.25) is 15.9 Å². The largest absolute Gasteiger partial charge is 0.361 e. The summed E-state index contributed by atoms with van der Waals surface area (Å²) in [6.07, 6.45) is 1.77. The lowest BCUT2D eigenvalue weighted by molar-refractivity contribution is -0.116. The zero-order valence-corrected chi connectivity index (χ0v) is 18.5. The van der Waals surface area contributed by atoms with Crippen molar-refractivity contribution >= 4 is 39.1 Å². The van der Waals surface area contributed by atoms with Gasteiger partial charge in [0.15, 0.2) is 0 Å². The smallest absolute Gasteiger partial charge is 0.257 e. The summed E-state index contributed by atoms with van der Waals surface area (Å²) in [6.45, 7) is 4.47. The van der Waals surface area contributed by atoms with Gasteiger partial charge in [-0.05, 0) is 51.0 Å². The molecule has 1 aliphatic rings. The lowest BCUT2D eigenvalue weighted by Crippen LogP contribution is -2.32. The van der Waals surface area contributed by atoms with Crippen LogP contribution in [0.4, 0.5) is 5.69 Å². The van der Waals surface area contributed by atoms with Gasteiger partial charge in [0.25, 0.3) is 5.91 Å². The Morgan fingerprint density at radius 1 is 1.10 bits per heavy atom. The molecule has 3 rings (SSSR count). The number of hydrogen-bond donors (Lipinski definition) is 3. The van der Waals surface area contributed by atoms with Crippen LogP contribution in [-0.4, -0.2) is 49.8 Å². The predicted molar refractivity (Wildman–Crippen MR) is 115 cm³/mol. The molecule has 0 radical (unpaired) electrons. The quantitative estimate of drug-likeness (QED) is 0.599. The minimum Gasteiger partial charge on any atom is -0.361 e. The molecular weight excluding hydrogens is 428 g/mol. The van der Waals surface area contributed by atoms with Crippen molar-refractivity contribution in [3.05, 3.63) is 46.2 Å². The molecule has 0 unspecified atom stereocenters. The highest BCUT2D eigenvalue weighted by Gasteiger charge is 2.32. The zero-order valence-electron chi connectivity index (χ0n) is 16.9. The van der Waals surface area contributed by atoms with Crippen LogP contribution in [0.2, 0.25) is 5.02 Å². The molecule has 8 nitrogen and oxygen atoms in total. The summed E-state index contributed by atoms with van der Waals surface area (Å²) in [7, 11) is -3.98. The number of sulfonamides is 1. The van der Waals surface area contributed by atoms with Gasteiger partial charge in [0.1, 0.15) is 4.90 Å². The number of anilines is 1. The first-order valence-corrected chi connectivity index (χ1v) is 11.6. The molecule has 0 spiro atoms. The molecule has 0 saturated carbocycles. The number of H-pyrrole nitrogens is 1. The van der Waals surface area contributed by atoms with Gasteiger partial charge >= 0.3 is 0 Å². The molecule has 1 aromatic carbocycles. The van der Waals surface area contributed by atoms with E-state index in [4.69, 9.17) is 11.6 Å². The average molecular weight is 453 g/mol. The topological polar surface area (TPSA) is 111 Å². The number of amides is 2. The summed E-state index contributed by atoms with van der Waals surface area (Å²) in [6, 6.07) is 6.62. The third kappa shape index (κ3) is 5.03. The molecule has 0 atom stereocenters. The van der Waals surface area contributed by atoms with E-state index in [0.29, 0.717) is 35.2 Å². The summed E-state index contributed by atoms with van der Waals surface area (Å²) in [5, 5.41) is 3.23. The van der Waals surface area contributed by atoms with Crippen LogP contribution >= 0.6 is 11.6 Å². The van der Waals surface area contributed by atoms with Gasteiger partial charge in [-0.15, -0.1) is 0 Å². The van der Waals surface area contributed by atoms with Crippen molar-refractivity contribution in [2.24, 2.45) is 0 Å². The second kappa shape index (κ2) is 9.20. The second-order valence-corrected chi connectivity index (χ2v) is 9.42. The fraction of sp³-hybridized carbons (Fsp3) is 0.400. The molecule has 1 fully saturated rings. The van der Waals surface area contributed by atoms with E-state index in [-0.39, 0.29) is 35.2 Å². The van der Waals surface area contributed by atoms with E-state index >= 15 is 0 Å². The number of nitrogens with zero attached hydrogens (tertiary/aromatic N) is 1. The Bertz CT molecular complexity index is 1040. The molecule has 3 N–H and O–H groups in total. The first-order chi connectivity index (χ1) is 14.2. The monoisotopic (exact) mass is 452 g/mol. The maximum absolute atomic E-state index is 12.9. The molecule has 10 heteroatoms. The SMILES string of the molecule is Cc1[nH]c(C)c(S(=O)(=O)NCCC(=O)Nc2ccc(Cl)cc2)c1C(=O)N1CCCC1. The lowest BCUT2D eigenvalue weighted by atomic mass is 10.2. The van der Waals surface area contributed by atoms with Crippen molar-refractivity contribution in [3.63, 3.8) is 0 Å². The summed E-state index contributed by atoms with van der Waals surface area (Å²) in [5.41, 5.74) is 1.66. The molecule has 1 saturated heterocycles.